The summed E-state index contributed by atoms with van der Waals surface area (Å²) in [6.07, 6.45) is 0.542. The van der Waals surface area contributed by atoms with Crippen molar-refractivity contribution in [3.05, 3.63) is 33.9 Å². The zero-order valence-electron chi connectivity index (χ0n) is 7.94. The minimum absolute atomic E-state index is 0.0251. The number of alkyl halides is 2. The number of nitro benzene ring substituents is 1. The second-order valence-electron chi connectivity index (χ2n) is 2.85. The molecular weight excluding hydrogens is 330 g/mol. The van der Waals surface area contributed by atoms with Gasteiger partial charge in [0.1, 0.15) is 5.75 Å². The summed E-state index contributed by atoms with van der Waals surface area (Å²) in [5.74, 6) is 0.492. The van der Waals surface area contributed by atoms with Crippen LogP contribution in [0.15, 0.2) is 18.2 Å². The first-order valence-corrected chi connectivity index (χ1v) is 5.97. The first kappa shape index (κ1) is 12.4. The number of nitro groups is 1. The Morgan fingerprint density at radius 1 is 1.53 bits per heavy atom. The highest BCUT2D eigenvalue weighted by atomic mass is 79.9. The number of ether oxygens (including phenoxy) is 1. The van der Waals surface area contributed by atoms with Crippen molar-refractivity contribution in [3.63, 3.8) is 0 Å². The molecule has 4 nitrogen and oxygen atoms in total. The van der Waals surface area contributed by atoms with Gasteiger partial charge in [0, 0.05) is 12.0 Å². The normalized spacial score (nSPS) is 10.4. The van der Waals surface area contributed by atoms with Gasteiger partial charge in [-0.1, -0.05) is 31.9 Å². The van der Waals surface area contributed by atoms with E-state index in [4.69, 9.17) is 4.74 Å². The summed E-state index contributed by atoms with van der Waals surface area (Å²) in [4.78, 5) is 10.4. The molecule has 0 unspecified atom stereocenters. The molecule has 0 aliphatic heterocycles. The summed E-state index contributed by atoms with van der Waals surface area (Å²) in [6, 6.07) is 4.84. The van der Waals surface area contributed by atoms with Crippen molar-refractivity contribution in [2.75, 3.05) is 7.11 Å². The minimum Gasteiger partial charge on any atom is -0.497 e. The molecule has 0 aliphatic rings. The van der Waals surface area contributed by atoms with Crippen molar-refractivity contribution in [2.45, 2.75) is 10.2 Å². The van der Waals surface area contributed by atoms with Crippen molar-refractivity contribution in [2.24, 2.45) is 0 Å². The number of nitrogens with zero attached hydrogens (tertiary/aromatic N) is 1. The van der Waals surface area contributed by atoms with Gasteiger partial charge in [-0.2, -0.15) is 0 Å². The van der Waals surface area contributed by atoms with Gasteiger partial charge in [0.25, 0.3) is 5.69 Å². The Morgan fingerprint density at radius 3 is 2.67 bits per heavy atom. The molecule has 0 saturated heterocycles. The first-order chi connectivity index (χ1) is 7.04. The second kappa shape index (κ2) is 5.46. The van der Waals surface area contributed by atoms with E-state index in [0.717, 1.165) is 0 Å². The molecule has 1 aromatic carbocycles. The standard InChI is InChI=1S/C9H9Br2NO3/c1-15-7-3-2-6(4-9(10)11)8(5-7)12(13)14/h2-3,5,9H,4H2,1H3. The molecule has 0 spiro atoms. The van der Waals surface area contributed by atoms with Crippen LogP contribution in [0, 0.1) is 10.1 Å². The van der Waals surface area contributed by atoms with Gasteiger partial charge in [0.05, 0.1) is 21.8 Å². The molecule has 0 bridgehead atoms. The van der Waals surface area contributed by atoms with Crippen LogP contribution in [0.3, 0.4) is 0 Å². The minimum atomic E-state index is -0.403. The average Bonchev–Trinajstić information content (AvgIpc) is 2.17. The van der Waals surface area contributed by atoms with Crippen LogP contribution < -0.4 is 4.74 Å². The lowest BCUT2D eigenvalue weighted by Gasteiger charge is -2.05. The zero-order valence-corrected chi connectivity index (χ0v) is 11.1. The van der Waals surface area contributed by atoms with E-state index in [1.807, 2.05) is 0 Å². The zero-order chi connectivity index (χ0) is 11.4. The van der Waals surface area contributed by atoms with Gasteiger partial charge in [0.2, 0.25) is 0 Å². The highest BCUT2D eigenvalue weighted by Crippen LogP contribution is 2.27. The molecule has 0 fully saturated rings. The van der Waals surface area contributed by atoms with Gasteiger partial charge in [-0.25, -0.2) is 0 Å². The highest BCUT2D eigenvalue weighted by Gasteiger charge is 2.16. The lowest BCUT2D eigenvalue weighted by molar-refractivity contribution is -0.385. The molecule has 0 atom stereocenters. The fourth-order valence-corrected chi connectivity index (χ4v) is 1.88. The van der Waals surface area contributed by atoms with Crippen molar-refractivity contribution < 1.29 is 9.66 Å². The number of hydrogen-bond donors (Lipinski definition) is 0. The Hall–Kier alpha value is -0.620. The molecule has 0 N–H and O–H groups in total. The Labute approximate surface area is 104 Å². The molecule has 0 heterocycles. The molecule has 0 radical (unpaired) electrons. The molecule has 0 amide bonds. The largest absolute Gasteiger partial charge is 0.497 e. The molecule has 6 heteroatoms. The van der Waals surface area contributed by atoms with Gasteiger partial charge >= 0.3 is 0 Å². The van der Waals surface area contributed by atoms with E-state index in [1.165, 1.54) is 13.2 Å². The Bertz CT molecular complexity index is 368. The summed E-state index contributed by atoms with van der Waals surface area (Å²) in [6.45, 7) is 0. The van der Waals surface area contributed by atoms with E-state index < -0.39 is 4.92 Å². The fraction of sp³-hybridized carbons (Fsp3) is 0.333. The van der Waals surface area contributed by atoms with Crippen molar-refractivity contribution in [1.29, 1.82) is 0 Å². The van der Waals surface area contributed by atoms with Gasteiger partial charge in [0.15, 0.2) is 0 Å². The SMILES string of the molecule is COc1ccc(CC(Br)Br)c([N+](=O)[O-])c1. The topological polar surface area (TPSA) is 52.4 Å². The molecule has 82 valence electrons. The van der Waals surface area contributed by atoms with Crippen LogP contribution >= 0.6 is 31.9 Å². The summed E-state index contributed by atoms with van der Waals surface area (Å²) >= 11 is 6.59. The number of hydrogen-bond acceptors (Lipinski definition) is 3. The quantitative estimate of drug-likeness (QED) is 0.481. The van der Waals surface area contributed by atoms with Gasteiger partial charge in [-0.15, -0.1) is 0 Å². The van der Waals surface area contributed by atoms with E-state index in [0.29, 0.717) is 17.7 Å². The molecule has 0 saturated carbocycles. The van der Waals surface area contributed by atoms with E-state index in [1.54, 1.807) is 12.1 Å². The van der Waals surface area contributed by atoms with Crippen molar-refractivity contribution in [3.8, 4) is 5.75 Å². The van der Waals surface area contributed by atoms with Crippen LogP contribution in [0.2, 0.25) is 0 Å². The van der Waals surface area contributed by atoms with Gasteiger partial charge < -0.3 is 4.74 Å². The third-order valence-electron chi connectivity index (χ3n) is 1.86. The summed E-state index contributed by atoms with van der Waals surface area (Å²) in [7, 11) is 1.48. The third kappa shape index (κ3) is 3.46. The van der Waals surface area contributed by atoms with E-state index in [-0.39, 0.29) is 9.42 Å². The highest BCUT2D eigenvalue weighted by molar-refractivity contribution is 9.24. The van der Waals surface area contributed by atoms with Gasteiger partial charge in [-0.05, 0) is 12.1 Å². The summed E-state index contributed by atoms with van der Waals surface area (Å²) in [5.41, 5.74) is 0.748. The average molecular weight is 339 g/mol. The number of methoxy groups -OCH3 is 1. The van der Waals surface area contributed by atoms with E-state index >= 15 is 0 Å². The molecule has 0 aliphatic carbocycles. The molecule has 0 aromatic heterocycles. The third-order valence-corrected chi connectivity index (χ3v) is 2.51. The Kier molecular flexibility index (Phi) is 4.53. The predicted molar refractivity (Wildman–Crippen MR) is 65.0 cm³/mol. The molecular formula is C9H9Br2NO3. The summed E-state index contributed by atoms with van der Waals surface area (Å²) in [5, 5.41) is 10.8. The second-order valence-corrected chi connectivity index (χ2v) is 6.29. The lowest BCUT2D eigenvalue weighted by atomic mass is 10.1. The van der Waals surface area contributed by atoms with Crippen LogP contribution in [0.1, 0.15) is 5.56 Å². The Balaban J connectivity index is 3.09. The van der Waals surface area contributed by atoms with Gasteiger partial charge in [-0.3, -0.25) is 10.1 Å². The fourth-order valence-electron chi connectivity index (χ4n) is 1.18. The van der Waals surface area contributed by atoms with Crippen LogP contribution in [-0.4, -0.2) is 15.8 Å². The van der Waals surface area contributed by atoms with Crippen LogP contribution in [0.4, 0.5) is 5.69 Å². The monoisotopic (exact) mass is 337 g/mol. The number of rotatable bonds is 4. The maximum atomic E-state index is 10.8. The van der Waals surface area contributed by atoms with Crippen molar-refractivity contribution in [1.82, 2.24) is 0 Å². The van der Waals surface area contributed by atoms with E-state index in [2.05, 4.69) is 31.9 Å². The van der Waals surface area contributed by atoms with Crippen LogP contribution in [0.25, 0.3) is 0 Å². The molecule has 1 rings (SSSR count). The van der Waals surface area contributed by atoms with Crippen LogP contribution in [0.5, 0.6) is 5.75 Å². The summed E-state index contributed by atoms with van der Waals surface area (Å²) < 4.78 is 4.96. The van der Waals surface area contributed by atoms with Crippen LogP contribution in [-0.2, 0) is 6.42 Å². The first-order valence-electron chi connectivity index (χ1n) is 4.14. The smallest absolute Gasteiger partial charge is 0.276 e. The number of halogens is 2. The maximum Gasteiger partial charge on any atom is 0.276 e. The maximum absolute atomic E-state index is 10.8. The number of benzene rings is 1. The van der Waals surface area contributed by atoms with E-state index in [9.17, 15) is 10.1 Å². The molecule has 15 heavy (non-hydrogen) atoms. The molecule has 1 aromatic rings. The van der Waals surface area contributed by atoms with Crippen molar-refractivity contribution >= 4 is 37.5 Å². The lowest BCUT2D eigenvalue weighted by Crippen LogP contribution is -2.00. The predicted octanol–water partition coefficient (Wildman–Crippen LogP) is 3.26. The Morgan fingerprint density at radius 2 is 2.20 bits per heavy atom.